The minimum atomic E-state index is -0.915. The third-order valence-electron chi connectivity index (χ3n) is 7.48. The quantitative estimate of drug-likeness (QED) is 0.150. The summed E-state index contributed by atoms with van der Waals surface area (Å²) in [5.74, 6) is -1.42. The van der Waals surface area contributed by atoms with Crippen LogP contribution in [0.15, 0.2) is 66.2 Å². The third kappa shape index (κ3) is 8.25. The molecule has 11 nitrogen and oxygen atoms in total. The standard InChI is InChI=1S/C33H38N6O5/c1-20(2)14-27(39-33(43)28-17-25-26(38-28)10-7-11-29(25)44-3)32(42)37-24(15-22-12-13-35-30(22)40)16-23(18-34)31(41)36-19-21-8-5-4-6-9-21/h4-11,16-17,20,22,24,27,38H,12-15,19H2,1-3H3,(H,35,40)(H,36,41)(H,37,42)(H,39,43)/b23-16-/t22-,24-,27-/m0/s1. The van der Waals surface area contributed by atoms with Crippen molar-refractivity contribution >= 4 is 34.5 Å². The second kappa shape index (κ2) is 14.9. The number of carbonyl (C=O) groups is 4. The number of aromatic nitrogens is 1. The molecule has 4 rings (SSSR count). The van der Waals surface area contributed by atoms with Crippen molar-refractivity contribution in [3.8, 4) is 11.8 Å². The summed E-state index contributed by atoms with van der Waals surface area (Å²) >= 11 is 0. The number of fused-ring (bicyclic) bond motifs is 1. The van der Waals surface area contributed by atoms with Gasteiger partial charge in [0.1, 0.15) is 29.1 Å². The Bertz CT molecular complexity index is 1570. The van der Waals surface area contributed by atoms with Crippen molar-refractivity contribution in [2.24, 2.45) is 11.8 Å². The summed E-state index contributed by atoms with van der Waals surface area (Å²) in [5, 5.41) is 21.8. The van der Waals surface area contributed by atoms with Crippen LogP contribution in [-0.2, 0) is 20.9 Å². The number of nitrogens with zero attached hydrogens (tertiary/aromatic N) is 1. The van der Waals surface area contributed by atoms with Crippen molar-refractivity contribution in [1.82, 2.24) is 26.3 Å². The van der Waals surface area contributed by atoms with Crippen LogP contribution in [0.3, 0.4) is 0 Å². The summed E-state index contributed by atoms with van der Waals surface area (Å²) in [6, 6.07) is 16.6. The number of nitrogens with one attached hydrogen (secondary N) is 5. The second-order valence-electron chi connectivity index (χ2n) is 11.2. The van der Waals surface area contributed by atoms with E-state index in [1.807, 2.05) is 62.4 Å². The van der Waals surface area contributed by atoms with Gasteiger partial charge in [-0.1, -0.05) is 50.2 Å². The van der Waals surface area contributed by atoms with Gasteiger partial charge in [0.05, 0.1) is 7.11 Å². The molecule has 0 bridgehead atoms. The van der Waals surface area contributed by atoms with Crippen molar-refractivity contribution in [3.05, 3.63) is 77.5 Å². The number of aromatic amines is 1. The van der Waals surface area contributed by atoms with E-state index in [0.717, 1.165) is 10.9 Å². The van der Waals surface area contributed by atoms with E-state index in [2.05, 4.69) is 26.3 Å². The van der Waals surface area contributed by atoms with Gasteiger partial charge in [0.2, 0.25) is 11.8 Å². The molecule has 1 aliphatic heterocycles. The maximum absolute atomic E-state index is 13.7. The van der Waals surface area contributed by atoms with E-state index >= 15 is 0 Å². The molecule has 3 atom stereocenters. The van der Waals surface area contributed by atoms with Gasteiger partial charge in [-0.15, -0.1) is 0 Å². The Labute approximate surface area is 256 Å². The smallest absolute Gasteiger partial charge is 0.268 e. The molecule has 2 aromatic carbocycles. The summed E-state index contributed by atoms with van der Waals surface area (Å²) < 4.78 is 5.39. The highest BCUT2D eigenvalue weighted by Gasteiger charge is 2.30. The Morgan fingerprint density at radius 2 is 1.89 bits per heavy atom. The molecule has 230 valence electrons. The fourth-order valence-corrected chi connectivity index (χ4v) is 5.23. The fourth-order valence-electron chi connectivity index (χ4n) is 5.23. The Balaban J connectivity index is 1.53. The van der Waals surface area contributed by atoms with E-state index in [1.165, 1.54) is 6.08 Å². The van der Waals surface area contributed by atoms with Crippen LogP contribution in [0.1, 0.15) is 49.2 Å². The molecule has 11 heteroatoms. The molecule has 5 N–H and O–H groups in total. The zero-order valence-corrected chi connectivity index (χ0v) is 25.1. The normalized spacial score (nSPS) is 16.1. The summed E-state index contributed by atoms with van der Waals surface area (Å²) in [4.78, 5) is 55.3. The monoisotopic (exact) mass is 598 g/mol. The second-order valence-corrected chi connectivity index (χ2v) is 11.2. The summed E-state index contributed by atoms with van der Waals surface area (Å²) in [7, 11) is 1.55. The predicted octanol–water partition coefficient (Wildman–Crippen LogP) is 3.10. The van der Waals surface area contributed by atoms with Crippen LogP contribution < -0.4 is 26.0 Å². The van der Waals surface area contributed by atoms with Crippen LogP contribution >= 0.6 is 0 Å². The highest BCUT2D eigenvalue weighted by molar-refractivity contribution is 6.01. The number of rotatable bonds is 13. The lowest BCUT2D eigenvalue weighted by molar-refractivity contribution is -0.125. The van der Waals surface area contributed by atoms with E-state index < -0.39 is 35.7 Å². The van der Waals surface area contributed by atoms with E-state index in [1.54, 1.807) is 19.2 Å². The van der Waals surface area contributed by atoms with Gasteiger partial charge in [0.15, 0.2) is 0 Å². The molecule has 2 heterocycles. The maximum atomic E-state index is 13.7. The number of benzene rings is 2. The number of hydrogen-bond donors (Lipinski definition) is 5. The third-order valence-corrected chi connectivity index (χ3v) is 7.48. The van der Waals surface area contributed by atoms with E-state index in [-0.39, 0.29) is 36.1 Å². The lowest BCUT2D eigenvalue weighted by Gasteiger charge is -2.24. The molecule has 1 saturated heterocycles. The van der Waals surface area contributed by atoms with Crippen LogP contribution in [0.2, 0.25) is 0 Å². The van der Waals surface area contributed by atoms with Gasteiger partial charge in [0, 0.05) is 36.0 Å². The molecule has 1 fully saturated rings. The molecule has 0 aliphatic carbocycles. The van der Waals surface area contributed by atoms with Gasteiger partial charge < -0.3 is 31.0 Å². The first-order chi connectivity index (χ1) is 21.2. The van der Waals surface area contributed by atoms with Crippen LogP contribution in [-0.4, -0.2) is 54.4 Å². The molecule has 0 spiro atoms. The molecule has 3 aromatic rings. The van der Waals surface area contributed by atoms with Crippen molar-refractivity contribution in [3.63, 3.8) is 0 Å². The van der Waals surface area contributed by atoms with Crippen LogP contribution in [0.5, 0.6) is 5.75 Å². The first-order valence-corrected chi connectivity index (χ1v) is 14.7. The van der Waals surface area contributed by atoms with E-state index in [9.17, 15) is 24.4 Å². The van der Waals surface area contributed by atoms with Gasteiger partial charge in [-0.25, -0.2) is 0 Å². The molecular weight excluding hydrogens is 560 g/mol. The molecule has 1 aromatic heterocycles. The zero-order chi connectivity index (χ0) is 31.6. The first kappa shape index (κ1) is 31.8. The number of ether oxygens (including phenoxy) is 1. The predicted molar refractivity (Wildman–Crippen MR) is 165 cm³/mol. The van der Waals surface area contributed by atoms with Gasteiger partial charge in [0.25, 0.3) is 11.8 Å². The SMILES string of the molecule is COc1cccc2[nH]c(C(=O)N[C@@H](CC(C)C)C(=O)N[C@H](/C=C(/C#N)C(=O)NCc3ccccc3)C[C@@H]3CCNC3=O)cc12. The van der Waals surface area contributed by atoms with Crippen LogP contribution in [0.4, 0.5) is 0 Å². The number of methoxy groups -OCH3 is 1. The van der Waals surface area contributed by atoms with E-state index in [0.29, 0.717) is 30.7 Å². The van der Waals surface area contributed by atoms with Crippen LogP contribution in [0, 0.1) is 23.2 Å². The van der Waals surface area contributed by atoms with Gasteiger partial charge >= 0.3 is 0 Å². The van der Waals surface area contributed by atoms with Gasteiger partial charge in [-0.3, -0.25) is 19.2 Å². The number of hydrogen-bond acceptors (Lipinski definition) is 6. The lowest BCUT2D eigenvalue weighted by Crippen LogP contribution is -2.50. The minimum Gasteiger partial charge on any atom is -0.496 e. The first-order valence-electron chi connectivity index (χ1n) is 14.7. The largest absolute Gasteiger partial charge is 0.496 e. The molecule has 0 unspecified atom stereocenters. The fraction of sp³-hybridized carbons (Fsp3) is 0.364. The zero-order valence-electron chi connectivity index (χ0n) is 25.1. The molecule has 1 aliphatic rings. The van der Waals surface area contributed by atoms with Gasteiger partial charge in [-0.05, 0) is 55.0 Å². The topological polar surface area (TPSA) is 165 Å². The van der Waals surface area contributed by atoms with Crippen molar-refractivity contribution < 1.29 is 23.9 Å². The van der Waals surface area contributed by atoms with Crippen LogP contribution in [0.25, 0.3) is 10.9 Å². The number of amides is 4. The van der Waals surface area contributed by atoms with Gasteiger partial charge in [-0.2, -0.15) is 5.26 Å². The van der Waals surface area contributed by atoms with Crippen molar-refractivity contribution in [2.75, 3.05) is 13.7 Å². The van der Waals surface area contributed by atoms with Crippen molar-refractivity contribution in [1.29, 1.82) is 5.26 Å². The number of H-pyrrole nitrogens is 1. The Kier molecular flexibility index (Phi) is 10.8. The maximum Gasteiger partial charge on any atom is 0.268 e. The Morgan fingerprint density at radius 3 is 2.55 bits per heavy atom. The molecule has 4 amide bonds. The molecule has 44 heavy (non-hydrogen) atoms. The summed E-state index contributed by atoms with van der Waals surface area (Å²) in [5.41, 5.74) is 1.67. The molecular formula is C33H38N6O5. The molecule has 0 radical (unpaired) electrons. The number of nitriles is 1. The Morgan fingerprint density at radius 1 is 1.11 bits per heavy atom. The molecule has 0 saturated carbocycles. The highest BCUT2D eigenvalue weighted by Crippen LogP contribution is 2.26. The average Bonchev–Trinajstić information content (AvgIpc) is 3.64. The summed E-state index contributed by atoms with van der Waals surface area (Å²) in [6.07, 6.45) is 2.49. The number of carbonyl (C=O) groups excluding carboxylic acids is 4. The Hall–Kier alpha value is -5.11. The summed E-state index contributed by atoms with van der Waals surface area (Å²) in [6.45, 7) is 4.61. The lowest BCUT2D eigenvalue weighted by atomic mass is 9.95. The van der Waals surface area contributed by atoms with Crippen molar-refractivity contribution in [2.45, 2.75) is 51.7 Å². The highest BCUT2D eigenvalue weighted by atomic mass is 16.5. The van der Waals surface area contributed by atoms with E-state index in [4.69, 9.17) is 4.74 Å². The minimum absolute atomic E-state index is 0.0573. The average molecular weight is 599 g/mol.